The van der Waals surface area contributed by atoms with Gasteiger partial charge in [0.2, 0.25) is 5.91 Å². The quantitative estimate of drug-likeness (QED) is 0.676. The van der Waals surface area contributed by atoms with Crippen LogP contribution in [0.25, 0.3) is 0 Å². The Morgan fingerprint density at radius 2 is 2.04 bits per heavy atom. The van der Waals surface area contributed by atoms with Crippen molar-refractivity contribution in [3.05, 3.63) is 74.1 Å². The van der Waals surface area contributed by atoms with Gasteiger partial charge in [-0.1, -0.05) is 31.2 Å². The lowest BCUT2D eigenvalue weighted by Crippen LogP contribution is -2.40. The minimum absolute atomic E-state index is 0.0612. The van der Waals surface area contributed by atoms with Gasteiger partial charge in [-0.3, -0.25) is 9.69 Å². The summed E-state index contributed by atoms with van der Waals surface area (Å²) in [5.41, 5.74) is 3.47. The average molecular weight is 383 g/mol. The predicted molar refractivity (Wildman–Crippen MR) is 110 cm³/mol. The van der Waals surface area contributed by atoms with Crippen molar-refractivity contribution in [3.8, 4) is 0 Å². The van der Waals surface area contributed by atoms with Crippen LogP contribution in [0.1, 0.15) is 33.8 Å². The molecule has 0 saturated carbocycles. The fourth-order valence-electron chi connectivity index (χ4n) is 3.64. The second kappa shape index (κ2) is 7.74. The minimum Gasteiger partial charge on any atom is -0.325 e. The molecule has 4 rings (SSSR count). The van der Waals surface area contributed by atoms with E-state index in [1.165, 1.54) is 20.9 Å². The van der Waals surface area contributed by atoms with E-state index in [0.29, 0.717) is 6.54 Å². The van der Waals surface area contributed by atoms with E-state index < -0.39 is 0 Å². The van der Waals surface area contributed by atoms with Gasteiger partial charge in [-0.05, 0) is 52.9 Å². The van der Waals surface area contributed by atoms with Gasteiger partial charge in [0.15, 0.2) is 0 Å². The van der Waals surface area contributed by atoms with Gasteiger partial charge in [0, 0.05) is 22.0 Å². The Labute approximate surface area is 162 Å². The molecule has 1 aliphatic rings. The van der Waals surface area contributed by atoms with Gasteiger partial charge in [-0.2, -0.15) is 0 Å². The number of hydrogen-bond acceptors (Lipinski definition) is 4. The van der Waals surface area contributed by atoms with Crippen LogP contribution in [0, 0.1) is 0 Å². The number of carbonyl (C=O) groups is 1. The molecule has 26 heavy (non-hydrogen) atoms. The first-order valence-corrected chi connectivity index (χ1v) is 10.7. The molecule has 0 radical (unpaired) electrons. The lowest BCUT2D eigenvalue weighted by atomic mass is 9.98. The fourth-order valence-corrected chi connectivity index (χ4v) is 5.42. The van der Waals surface area contributed by atoms with Gasteiger partial charge in [-0.25, -0.2) is 0 Å². The number of para-hydroxylation sites is 1. The highest BCUT2D eigenvalue weighted by molar-refractivity contribution is 7.10. The second-order valence-corrected chi connectivity index (χ2v) is 8.48. The van der Waals surface area contributed by atoms with Crippen molar-refractivity contribution in [2.75, 3.05) is 18.4 Å². The molecule has 3 nitrogen and oxygen atoms in total. The minimum atomic E-state index is 0.0612. The molecule has 1 N–H and O–H groups in total. The third-order valence-electron chi connectivity index (χ3n) is 4.90. The van der Waals surface area contributed by atoms with E-state index in [1.807, 2.05) is 29.5 Å². The Hall–Kier alpha value is -1.95. The largest absolute Gasteiger partial charge is 0.325 e. The first kappa shape index (κ1) is 17.5. The molecule has 0 spiro atoms. The third-order valence-corrected chi connectivity index (χ3v) is 6.82. The Morgan fingerprint density at radius 1 is 1.15 bits per heavy atom. The van der Waals surface area contributed by atoms with Crippen LogP contribution in [-0.4, -0.2) is 23.9 Å². The highest BCUT2D eigenvalue weighted by Gasteiger charge is 2.31. The van der Waals surface area contributed by atoms with Crippen LogP contribution in [-0.2, 0) is 17.6 Å². The second-order valence-electron chi connectivity index (χ2n) is 6.50. The summed E-state index contributed by atoms with van der Waals surface area (Å²) in [6, 6.07) is 14.7. The Bertz CT molecular complexity index is 885. The molecule has 2 aromatic heterocycles. The van der Waals surface area contributed by atoms with E-state index >= 15 is 0 Å². The molecular formula is C21H22N2OS2. The van der Waals surface area contributed by atoms with E-state index in [-0.39, 0.29) is 11.9 Å². The fraction of sp³-hybridized carbons (Fsp3) is 0.286. The summed E-state index contributed by atoms with van der Waals surface area (Å²) < 4.78 is 0. The summed E-state index contributed by atoms with van der Waals surface area (Å²) in [5.74, 6) is 0.0612. The number of nitrogens with one attached hydrogen (secondary N) is 1. The topological polar surface area (TPSA) is 32.3 Å². The van der Waals surface area contributed by atoms with Gasteiger partial charge >= 0.3 is 0 Å². The highest BCUT2D eigenvalue weighted by Crippen LogP contribution is 2.39. The zero-order chi connectivity index (χ0) is 17.9. The normalized spacial score (nSPS) is 17.0. The Kier molecular flexibility index (Phi) is 5.20. The van der Waals surface area contributed by atoms with Crippen molar-refractivity contribution in [1.29, 1.82) is 0 Å². The molecule has 5 heteroatoms. The van der Waals surface area contributed by atoms with Gasteiger partial charge in [0.25, 0.3) is 0 Å². The molecule has 0 saturated heterocycles. The summed E-state index contributed by atoms with van der Waals surface area (Å²) in [6.07, 6.45) is 1.93. The summed E-state index contributed by atoms with van der Waals surface area (Å²) in [6.45, 7) is 3.44. The van der Waals surface area contributed by atoms with Crippen molar-refractivity contribution in [2.45, 2.75) is 25.8 Å². The molecule has 1 atom stereocenters. The highest BCUT2D eigenvalue weighted by atomic mass is 32.1. The van der Waals surface area contributed by atoms with Crippen LogP contribution in [0.15, 0.2) is 53.2 Å². The number of nitrogens with zero attached hydrogens (tertiary/aromatic N) is 1. The van der Waals surface area contributed by atoms with Crippen LogP contribution in [0.4, 0.5) is 5.69 Å². The van der Waals surface area contributed by atoms with Crippen LogP contribution >= 0.6 is 22.7 Å². The molecule has 0 fully saturated rings. The van der Waals surface area contributed by atoms with Crippen LogP contribution in [0.5, 0.6) is 0 Å². The number of amides is 1. The number of aryl methyl sites for hydroxylation is 1. The van der Waals surface area contributed by atoms with Crippen molar-refractivity contribution >= 4 is 34.3 Å². The summed E-state index contributed by atoms with van der Waals surface area (Å²) in [7, 11) is 0. The first-order chi connectivity index (χ1) is 12.8. The third kappa shape index (κ3) is 3.47. The monoisotopic (exact) mass is 382 g/mol. The van der Waals surface area contributed by atoms with Crippen molar-refractivity contribution in [1.82, 2.24) is 4.90 Å². The number of hydrogen-bond donors (Lipinski definition) is 1. The van der Waals surface area contributed by atoms with E-state index in [4.69, 9.17) is 0 Å². The van der Waals surface area contributed by atoms with E-state index in [2.05, 4.69) is 52.2 Å². The predicted octanol–water partition coefficient (Wildman–Crippen LogP) is 4.96. The zero-order valence-electron chi connectivity index (χ0n) is 14.8. The molecule has 1 aromatic carbocycles. The summed E-state index contributed by atoms with van der Waals surface area (Å²) in [4.78, 5) is 17.8. The van der Waals surface area contributed by atoms with Crippen LogP contribution in [0.2, 0.25) is 0 Å². The SMILES string of the molecule is CCc1ccccc1NC(=O)CN1CCc2sccc2C1c1cccs1. The Morgan fingerprint density at radius 3 is 2.85 bits per heavy atom. The van der Waals surface area contributed by atoms with Gasteiger partial charge in [0.1, 0.15) is 0 Å². The van der Waals surface area contributed by atoms with E-state index in [0.717, 1.165) is 25.1 Å². The number of fused-ring (bicyclic) bond motifs is 1. The number of carbonyl (C=O) groups excluding carboxylic acids is 1. The number of thiophene rings is 2. The molecule has 1 amide bonds. The number of rotatable bonds is 5. The molecule has 3 aromatic rings. The first-order valence-electron chi connectivity index (χ1n) is 8.97. The van der Waals surface area contributed by atoms with E-state index in [9.17, 15) is 4.79 Å². The molecule has 3 heterocycles. The average Bonchev–Trinajstić information content (AvgIpc) is 3.33. The van der Waals surface area contributed by atoms with E-state index in [1.54, 1.807) is 11.3 Å². The van der Waals surface area contributed by atoms with Crippen molar-refractivity contribution in [3.63, 3.8) is 0 Å². The molecule has 0 aliphatic carbocycles. The Balaban J connectivity index is 1.54. The zero-order valence-corrected chi connectivity index (χ0v) is 16.4. The van der Waals surface area contributed by atoms with Gasteiger partial charge in [-0.15, -0.1) is 22.7 Å². The summed E-state index contributed by atoms with van der Waals surface area (Å²) >= 11 is 3.60. The van der Waals surface area contributed by atoms with Crippen molar-refractivity contribution < 1.29 is 4.79 Å². The summed E-state index contributed by atoms with van der Waals surface area (Å²) in [5, 5.41) is 7.41. The molecule has 134 valence electrons. The lowest BCUT2D eigenvalue weighted by molar-refractivity contribution is -0.117. The van der Waals surface area contributed by atoms with Crippen molar-refractivity contribution in [2.24, 2.45) is 0 Å². The van der Waals surface area contributed by atoms with Gasteiger partial charge in [0.05, 0.1) is 12.6 Å². The molecule has 0 bridgehead atoms. The maximum Gasteiger partial charge on any atom is 0.238 e. The molecule has 1 unspecified atom stereocenters. The smallest absolute Gasteiger partial charge is 0.238 e. The maximum atomic E-state index is 12.8. The standard InChI is InChI=1S/C21H22N2OS2/c1-2-15-6-3-4-7-17(15)22-20(24)14-23-11-9-18-16(10-13-26-18)21(23)19-8-5-12-25-19/h3-8,10,12-13,21H,2,9,11,14H2,1H3,(H,22,24). The number of benzene rings is 1. The van der Waals surface area contributed by atoms with Crippen LogP contribution < -0.4 is 5.32 Å². The lowest BCUT2D eigenvalue weighted by Gasteiger charge is -2.34. The van der Waals surface area contributed by atoms with Gasteiger partial charge < -0.3 is 5.32 Å². The maximum absolute atomic E-state index is 12.8. The molecular weight excluding hydrogens is 360 g/mol. The number of anilines is 1. The molecule has 1 aliphatic heterocycles. The van der Waals surface area contributed by atoms with Crippen LogP contribution in [0.3, 0.4) is 0 Å².